The molecule has 0 aliphatic carbocycles. The molecule has 0 fully saturated rings. The van der Waals surface area contributed by atoms with E-state index in [4.69, 9.17) is 5.11 Å². The topological polar surface area (TPSA) is 68.0 Å². The molecule has 2 aromatic rings. The normalized spacial score (nSPS) is 12.0. The van der Waals surface area contributed by atoms with E-state index in [-0.39, 0.29) is 11.0 Å². The molecular weight excluding hydrogens is 232 g/mol. The molecule has 0 aliphatic heterocycles. The molecule has 17 heavy (non-hydrogen) atoms. The van der Waals surface area contributed by atoms with Crippen molar-refractivity contribution in [2.75, 3.05) is 0 Å². The largest absolute Gasteiger partial charge is 0.479 e. The van der Waals surface area contributed by atoms with E-state index in [9.17, 15) is 13.6 Å². The number of rotatable bonds is 2. The van der Waals surface area contributed by atoms with E-state index >= 15 is 0 Å². The van der Waals surface area contributed by atoms with Crippen molar-refractivity contribution in [1.82, 2.24) is 15.0 Å². The van der Waals surface area contributed by atoms with Crippen LogP contribution in [-0.2, 0) is 10.3 Å². The molecule has 1 N–H and O–H groups in total. The summed E-state index contributed by atoms with van der Waals surface area (Å²) < 4.78 is 27.1. The highest BCUT2D eigenvalue weighted by Gasteiger charge is 2.32. The summed E-state index contributed by atoms with van der Waals surface area (Å²) in [6.07, 6.45) is 0. The fourth-order valence-electron chi connectivity index (χ4n) is 1.42. The van der Waals surface area contributed by atoms with Gasteiger partial charge in [-0.1, -0.05) is 5.21 Å². The molecule has 0 aliphatic rings. The van der Waals surface area contributed by atoms with E-state index in [1.165, 1.54) is 13.8 Å². The molecule has 0 atom stereocenters. The van der Waals surface area contributed by atoms with Crippen molar-refractivity contribution in [1.29, 1.82) is 0 Å². The molecule has 1 heterocycles. The van der Waals surface area contributed by atoms with Gasteiger partial charge < -0.3 is 5.11 Å². The summed E-state index contributed by atoms with van der Waals surface area (Å²) >= 11 is 0. The SMILES string of the molecule is CC(C)(C(=O)O)n1nnc2cc(F)c(F)cc21. The first-order valence-corrected chi connectivity index (χ1v) is 4.78. The molecule has 90 valence electrons. The summed E-state index contributed by atoms with van der Waals surface area (Å²) in [6.45, 7) is 2.79. The number of carbonyl (C=O) groups is 1. The Kier molecular flexibility index (Phi) is 2.34. The number of aliphatic carboxylic acids is 1. The Balaban J connectivity index is 2.73. The Hall–Kier alpha value is -2.05. The van der Waals surface area contributed by atoms with Gasteiger partial charge in [0.15, 0.2) is 17.2 Å². The molecule has 0 saturated carbocycles. The Labute approximate surface area is 94.7 Å². The Morgan fingerprint density at radius 3 is 2.53 bits per heavy atom. The highest BCUT2D eigenvalue weighted by atomic mass is 19.2. The predicted octanol–water partition coefficient (Wildman–Crippen LogP) is 1.53. The number of carboxylic acid groups (broad SMARTS) is 1. The summed E-state index contributed by atoms with van der Waals surface area (Å²) in [5.41, 5.74) is -1.14. The Morgan fingerprint density at radius 1 is 1.35 bits per heavy atom. The average Bonchev–Trinajstić information content (AvgIpc) is 2.62. The van der Waals surface area contributed by atoms with E-state index in [0.717, 1.165) is 16.8 Å². The minimum Gasteiger partial charge on any atom is -0.479 e. The van der Waals surface area contributed by atoms with Crippen molar-refractivity contribution in [3.05, 3.63) is 23.8 Å². The van der Waals surface area contributed by atoms with Crippen LogP contribution in [-0.4, -0.2) is 26.1 Å². The average molecular weight is 241 g/mol. The van der Waals surface area contributed by atoms with Crippen LogP contribution >= 0.6 is 0 Å². The van der Waals surface area contributed by atoms with Crippen LogP contribution in [0.5, 0.6) is 0 Å². The van der Waals surface area contributed by atoms with E-state index in [2.05, 4.69) is 10.3 Å². The van der Waals surface area contributed by atoms with Crippen LogP contribution in [0.15, 0.2) is 12.1 Å². The first kappa shape index (κ1) is 11.4. The van der Waals surface area contributed by atoms with Gasteiger partial charge in [-0.15, -0.1) is 5.10 Å². The third-order valence-electron chi connectivity index (χ3n) is 2.54. The number of halogens is 2. The first-order chi connectivity index (χ1) is 7.84. The number of benzene rings is 1. The van der Waals surface area contributed by atoms with Gasteiger partial charge in [0.2, 0.25) is 0 Å². The molecule has 2 rings (SSSR count). The molecule has 0 bridgehead atoms. The quantitative estimate of drug-likeness (QED) is 0.865. The number of fused-ring (bicyclic) bond motifs is 1. The van der Waals surface area contributed by atoms with Gasteiger partial charge in [0.25, 0.3) is 0 Å². The van der Waals surface area contributed by atoms with Gasteiger partial charge in [-0.05, 0) is 13.8 Å². The summed E-state index contributed by atoms with van der Waals surface area (Å²) in [7, 11) is 0. The minimum absolute atomic E-state index is 0.109. The van der Waals surface area contributed by atoms with E-state index < -0.39 is 23.1 Å². The zero-order valence-corrected chi connectivity index (χ0v) is 9.11. The van der Waals surface area contributed by atoms with Crippen LogP contribution in [0.4, 0.5) is 8.78 Å². The fourth-order valence-corrected chi connectivity index (χ4v) is 1.42. The minimum atomic E-state index is -1.39. The van der Waals surface area contributed by atoms with Gasteiger partial charge in [-0.25, -0.2) is 18.3 Å². The number of hydrogen-bond acceptors (Lipinski definition) is 3. The molecule has 0 amide bonds. The van der Waals surface area contributed by atoms with Crippen molar-refractivity contribution in [3.8, 4) is 0 Å². The van der Waals surface area contributed by atoms with Crippen molar-refractivity contribution >= 4 is 17.0 Å². The van der Waals surface area contributed by atoms with Gasteiger partial charge in [-0.3, -0.25) is 0 Å². The highest BCUT2D eigenvalue weighted by Crippen LogP contribution is 2.22. The standard InChI is InChI=1S/C10H9F2N3O2/c1-10(2,9(16)17)15-8-4-6(12)5(11)3-7(8)13-14-15/h3-4H,1-2H3,(H,16,17). The Bertz CT molecular complexity index is 607. The predicted molar refractivity (Wildman–Crippen MR) is 54.4 cm³/mol. The van der Waals surface area contributed by atoms with E-state index in [1.807, 2.05) is 0 Å². The summed E-state index contributed by atoms with van der Waals surface area (Å²) in [5.74, 6) is -3.26. The van der Waals surface area contributed by atoms with Crippen LogP contribution < -0.4 is 0 Å². The van der Waals surface area contributed by atoms with Crippen LogP contribution in [0, 0.1) is 11.6 Å². The fraction of sp³-hybridized carbons (Fsp3) is 0.300. The van der Waals surface area contributed by atoms with Gasteiger partial charge >= 0.3 is 5.97 Å². The smallest absolute Gasteiger partial charge is 0.331 e. The maximum Gasteiger partial charge on any atom is 0.331 e. The van der Waals surface area contributed by atoms with Crippen LogP contribution in [0.25, 0.3) is 11.0 Å². The third-order valence-corrected chi connectivity index (χ3v) is 2.54. The van der Waals surface area contributed by atoms with Crippen LogP contribution in [0.2, 0.25) is 0 Å². The van der Waals surface area contributed by atoms with Crippen molar-refractivity contribution < 1.29 is 18.7 Å². The molecule has 1 aromatic carbocycles. The van der Waals surface area contributed by atoms with Crippen molar-refractivity contribution in [3.63, 3.8) is 0 Å². The molecule has 0 saturated heterocycles. The second-order valence-electron chi connectivity index (χ2n) is 4.12. The second kappa shape index (κ2) is 3.47. The lowest BCUT2D eigenvalue weighted by atomic mass is 10.1. The maximum absolute atomic E-state index is 13.1. The molecular formula is C10H9F2N3O2. The van der Waals surface area contributed by atoms with Gasteiger partial charge in [0.05, 0.1) is 5.52 Å². The second-order valence-corrected chi connectivity index (χ2v) is 4.12. The maximum atomic E-state index is 13.1. The molecule has 7 heteroatoms. The van der Waals surface area contributed by atoms with E-state index in [1.54, 1.807) is 0 Å². The lowest BCUT2D eigenvalue weighted by molar-refractivity contribution is -0.146. The molecule has 0 spiro atoms. The third kappa shape index (κ3) is 1.63. The van der Waals surface area contributed by atoms with Crippen LogP contribution in [0.1, 0.15) is 13.8 Å². The number of nitrogens with zero attached hydrogens (tertiary/aromatic N) is 3. The molecule has 0 unspecified atom stereocenters. The van der Waals surface area contributed by atoms with Gasteiger partial charge in [0.1, 0.15) is 5.52 Å². The van der Waals surface area contributed by atoms with Crippen molar-refractivity contribution in [2.24, 2.45) is 0 Å². The zero-order chi connectivity index (χ0) is 12.8. The summed E-state index contributed by atoms with van der Waals surface area (Å²) in [5, 5.41) is 16.3. The van der Waals surface area contributed by atoms with Gasteiger partial charge in [-0.2, -0.15) is 0 Å². The Morgan fingerprint density at radius 2 is 1.94 bits per heavy atom. The lowest BCUT2D eigenvalue weighted by Gasteiger charge is -2.19. The highest BCUT2D eigenvalue weighted by molar-refractivity contribution is 5.81. The molecule has 5 nitrogen and oxygen atoms in total. The molecule has 0 radical (unpaired) electrons. The monoisotopic (exact) mass is 241 g/mol. The van der Waals surface area contributed by atoms with E-state index in [0.29, 0.717) is 0 Å². The molecule has 1 aromatic heterocycles. The summed E-state index contributed by atoms with van der Waals surface area (Å²) in [6, 6.07) is 1.77. The number of aromatic nitrogens is 3. The van der Waals surface area contributed by atoms with Crippen LogP contribution in [0.3, 0.4) is 0 Å². The van der Waals surface area contributed by atoms with Gasteiger partial charge in [0, 0.05) is 12.1 Å². The zero-order valence-electron chi connectivity index (χ0n) is 9.11. The number of hydrogen-bond donors (Lipinski definition) is 1. The first-order valence-electron chi connectivity index (χ1n) is 4.78. The lowest BCUT2D eigenvalue weighted by Crippen LogP contribution is -2.36. The summed E-state index contributed by atoms with van der Waals surface area (Å²) in [4.78, 5) is 11.1. The van der Waals surface area contributed by atoms with Crippen molar-refractivity contribution in [2.45, 2.75) is 19.4 Å². The number of carboxylic acids is 1.